The Hall–Kier alpha value is -3.02. The number of methoxy groups -OCH3 is 4. The Morgan fingerprint density at radius 2 is 1.44 bits per heavy atom. The summed E-state index contributed by atoms with van der Waals surface area (Å²) in [6.07, 6.45) is 2.78. The highest BCUT2D eigenvalue weighted by molar-refractivity contribution is 6.15. The smallest absolute Gasteiger partial charge is 0.161 e. The molecular formula is C21H24N2O4. The molecule has 0 saturated carbocycles. The molecule has 6 heteroatoms. The average Bonchev–Trinajstić information content (AvgIpc) is 2.90. The van der Waals surface area contributed by atoms with E-state index in [1.54, 1.807) is 28.4 Å². The highest BCUT2D eigenvalue weighted by Gasteiger charge is 2.23. The molecule has 0 spiro atoms. The van der Waals surface area contributed by atoms with Crippen molar-refractivity contribution in [3.63, 3.8) is 0 Å². The van der Waals surface area contributed by atoms with Gasteiger partial charge in [0.1, 0.15) is 5.71 Å². The molecule has 1 aliphatic rings. The third kappa shape index (κ3) is 3.47. The predicted octanol–water partition coefficient (Wildman–Crippen LogP) is 4.05. The molecule has 2 aromatic rings. The maximum absolute atomic E-state index is 5.51. The number of nitrogens with zero attached hydrogens (tertiary/aromatic N) is 2. The van der Waals surface area contributed by atoms with E-state index in [9.17, 15) is 0 Å². The van der Waals surface area contributed by atoms with Crippen LogP contribution in [0.5, 0.6) is 23.0 Å². The molecule has 0 bridgehead atoms. The topological polar surface area (TPSA) is 61.6 Å². The SMILES string of the molecule is CCC1C=NN=C(c2ccc(OC)c(OC)c2)c2cc(OC)c(OC)cc21. The van der Waals surface area contributed by atoms with Crippen LogP contribution in [-0.4, -0.2) is 40.4 Å². The first kappa shape index (κ1) is 18.8. The lowest BCUT2D eigenvalue weighted by Crippen LogP contribution is -2.10. The largest absolute Gasteiger partial charge is 0.493 e. The molecule has 0 aromatic heterocycles. The second-order valence-corrected chi connectivity index (χ2v) is 6.09. The van der Waals surface area contributed by atoms with Gasteiger partial charge in [0.25, 0.3) is 0 Å². The average molecular weight is 368 g/mol. The third-order valence-corrected chi connectivity index (χ3v) is 4.71. The van der Waals surface area contributed by atoms with Crippen molar-refractivity contribution in [1.82, 2.24) is 0 Å². The van der Waals surface area contributed by atoms with Crippen LogP contribution in [0.25, 0.3) is 0 Å². The van der Waals surface area contributed by atoms with Gasteiger partial charge in [-0.15, -0.1) is 0 Å². The van der Waals surface area contributed by atoms with Gasteiger partial charge in [0, 0.05) is 23.3 Å². The summed E-state index contributed by atoms with van der Waals surface area (Å²) >= 11 is 0. The first-order valence-corrected chi connectivity index (χ1v) is 8.76. The van der Waals surface area contributed by atoms with Crippen molar-refractivity contribution >= 4 is 11.9 Å². The maximum Gasteiger partial charge on any atom is 0.161 e. The first-order valence-electron chi connectivity index (χ1n) is 8.76. The molecule has 0 N–H and O–H groups in total. The van der Waals surface area contributed by atoms with Crippen molar-refractivity contribution in [3.05, 3.63) is 47.0 Å². The van der Waals surface area contributed by atoms with Gasteiger partial charge in [-0.2, -0.15) is 10.2 Å². The summed E-state index contributed by atoms with van der Waals surface area (Å²) in [5, 5.41) is 8.80. The molecule has 0 aliphatic carbocycles. The van der Waals surface area contributed by atoms with Crippen LogP contribution in [0.4, 0.5) is 0 Å². The lowest BCUT2D eigenvalue weighted by molar-refractivity contribution is 0.354. The van der Waals surface area contributed by atoms with Gasteiger partial charge in [-0.1, -0.05) is 6.92 Å². The zero-order valence-corrected chi connectivity index (χ0v) is 16.3. The second kappa shape index (κ2) is 8.12. The lowest BCUT2D eigenvalue weighted by Gasteiger charge is -2.18. The second-order valence-electron chi connectivity index (χ2n) is 6.09. The third-order valence-electron chi connectivity index (χ3n) is 4.71. The number of benzene rings is 2. The molecule has 0 saturated heterocycles. The van der Waals surface area contributed by atoms with Gasteiger partial charge in [-0.25, -0.2) is 0 Å². The monoisotopic (exact) mass is 368 g/mol. The van der Waals surface area contributed by atoms with Gasteiger partial charge in [0.05, 0.1) is 28.4 Å². The molecule has 0 radical (unpaired) electrons. The zero-order valence-electron chi connectivity index (χ0n) is 16.3. The molecule has 1 heterocycles. The van der Waals surface area contributed by atoms with Crippen molar-refractivity contribution in [2.75, 3.05) is 28.4 Å². The number of ether oxygens (including phenoxy) is 4. The number of hydrogen-bond donors (Lipinski definition) is 0. The summed E-state index contributed by atoms with van der Waals surface area (Å²) in [6, 6.07) is 9.68. The van der Waals surface area contributed by atoms with Gasteiger partial charge >= 0.3 is 0 Å². The van der Waals surface area contributed by atoms with Crippen molar-refractivity contribution in [1.29, 1.82) is 0 Å². The highest BCUT2D eigenvalue weighted by atomic mass is 16.5. The Kier molecular flexibility index (Phi) is 5.64. The van der Waals surface area contributed by atoms with Crippen LogP contribution in [0.3, 0.4) is 0 Å². The number of hydrogen-bond acceptors (Lipinski definition) is 6. The van der Waals surface area contributed by atoms with Crippen LogP contribution in [-0.2, 0) is 0 Å². The highest BCUT2D eigenvalue weighted by Crippen LogP contribution is 2.37. The minimum atomic E-state index is 0.140. The Bertz CT molecular complexity index is 890. The van der Waals surface area contributed by atoms with Crippen LogP contribution >= 0.6 is 0 Å². The molecule has 0 amide bonds. The Balaban J connectivity index is 2.21. The van der Waals surface area contributed by atoms with E-state index >= 15 is 0 Å². The van der Waals surface area contributed by atoms with Crippen LogP contribution in [0, 0.1) is 0 Å². The molecule has 1 aliphatic heterocycles. The summed E-state index contributed by atoms with van der Waals surface area (Å²) in [4.78, 5) is 0. The molecule has 6 nitrogen and oxygen atoms in total. The number of rotatable bonds is 6. The van der Waals surface area contributed by atoms with Gasteiger partial charge < -0.3 is 18.9 Å². The summed E-state index contributed by atoms with van der Waals surface area (Å²) < 4.78 is 21.8. The first-order chi connectivity index (χ1) is 13.2. The summed E-state index contributed by atoms with van der Waals surface area (Å²) in [6.45, 7) is 2.12. The molecule has 1 atom stereocenters. The Morgan fingerprint density at radius 3 is 2.07 bits per heavy atom. The van der Waals surface area contributed by atoms with Crippen LogP contribution in [0.1, 0.15) is 36.0 Å². The minimum Gasteiger partial charge on any atom is -0.493 e. The van der Waals surface area contributed by atoms with Crippen LogP contribution in [0.15, 0.2) is 40.5 Å². The molecule has 3 rings (SSSR count). The van der Waals surface area contributed by atoms with E-state index in [1.807, 2.05) is 36.5 Å². The van der Waals surface area contributed by atoms with E-state index in [0.29, 0.717) is 23.0 Å². The summed E-state index contributed by atoms with van der Waals surface area (Å²) in [5.74, 6) is 2.79. The fourth-order valence-electron chi connectivity index (χ4n) is 3.23. The maximum atomic E-state index is 5.51. The van der Waals surface area contributed by atoms with Gasteiger partial charge in [0.15, 0.2) is 23.0 Å². The van der Waals surface area contributed by atoms with Crippen molar-refractivity contribution in [3.8, 4) is 23.0 Å². The molecule has 1 unspecified atom stereocenters. The summed E-state index contributed by atoms with van der Waals surface area (Å²) in [7, 11) is 6.49. The zero-order chi connectivity index (χ0) is 19.4. The Morgan fingerprint density at radius 1 is 0.815 bits per heavy atom. The van der Waals surface area contributed by atoms with Crippen molar-refractivity contribution in [2.45, 2.75) is 19.3 Å². The van der Waals surface area contributed by atoms with Crippen molar-refractivity contribution < 1.29 is 18.9 Å². The van der Waals surface area contributed by atoms with Crippen molar-refractivity contribution in [2.24, 2.45) is 10.2 Å². The standard InChI is InChI=1S/C21H24N2O4/c1-6-13-12-22-23-21(14-7-8-17(24-2)18(9-14)25-3)16-11-20(27-5)19(26-4)10-15(13)16/h7-13H,6H2,1-5H3. The van der Waals surface area contributed by atoms with E-state index in [2.05, 4.69) is 17.1 Å². The normalized spacial score (nSPS) is 15.4. The molecule has 2 aromatic carbocycles. The van der Waals surface area contributed by atoms with Gasteiger partial charge in [-0.05, 0) is 42.3 Å². The minimum absolute atomic E-state index is 0.140. The summed E-state index contributed by atoms with van der Waals surface area (Å²) in [5.41, 5.74) is 3.70. The molecular weight excluding hydrogens is 344 g/mol. The van der Waals surface area contributed by atoms with Crippen LogP contribution in [0.2, 0.25) is 0 Å². The van der Waals surface area contributed by atoms with E-state index < -0.39 is 0 Å². The molecule has 27 heavy (non-hydrogen) atoms. The fourth-order valence-corrected chi connectivity index (χ4v) is 3.23. The van der Waals surface area contributed by atoms with Gasteiger partial charge in [-0.3, -0.25) is 0 Å². The quantitative estimate of drug-likeness (QED) is 0.772. The fraction of sp³-hybridized carbons (Fsp3) is 0.333. The van der Waals surface area contributed by atoms with Gasteiger partial charge in [0.2, 0.25) is 0 Å². The number of fused-ring (bicyclic) bond motifs is 1. The molecule has 0 fully saturated rings. The van der Waals surface area contributed by atoms with E-state index in [4.69, 9.17) is 18.9 Å². The van der Waals surface area contributed by atoms with E-state index in [-0.39, 0.29) is 5.92 Å². The predicted molar refractivity (Wildman–Crippen MR) is 106 cm³/mol. The van der Waals surface area contributed by atoms with E-state index in [1.165, 1.54) is 0 Å². The Labute approximate surface area is 159 Å². The van der Waals surface area contributed by atoms with E-state index in [0.717, 1.165) is 28.8 Å². The lowest BCUT2D eigenvalue weighted by atomic mass is 9.88. The van der Waals surface area contributed by atoms with Crippen LogP contribution < -0.4 is 18.9 Å². The molecule has 142 valence electrons.